The minimum absolute atomic E-state index is 0.135. The average molecular weight is 297 g/mol. The third-order valence-electron chi connectivity index (χ3n) is 4.39. The van der Waals surface area contributed by atoms with Crippen molar-refractivity contribution in [3.8, 4) is 5.75 Å². The summed E-state index contributed by atoms with van der Waals surface area (Å²) in [5.74, 6) is 0.278. The van der Waals surface area contributed by atoms with Gasteiger partial charge in [-0.1, -0.05) is 57.4 Å². The summed E-state index contributed by atoms with van der Waals surface area (Å²) >= 11 is 0. The summed E-state index contributed by atoms with van der Waals surface area (Å²) in [6, 6.07) is 14.9. The first-order chi connectivity index (χ1) is 10.6. The fraction of sp³-hybridized carbons (Fsp3) is 0.368. The van der Waals surface area contributed by atoms with E-state index in [-0.39, 0.29) is 11.2 Å². The first kappa shape index (κ1) is 16.2. The second-order valence-corrected chi connectivity index (χ2v) is 5.97. The molecule has 116 valence electrons. The highest BCUT2D eigenvalue weighted by Crippen LogP contribution is 2.38. The molecule has 3 nitrogen and oxygen atoms in total. The molecule has 0 bridgehead atoms. The van der Waals surface area contributed by atoms with Gasteiger partial charge in [0.25, 0.3) is 0 Å². The van der Waals surface area contributed by atoms with Gasteiger partial charge in [-0.05, 0) is 47.0 Å². The van der Waals surface area contributed by atoms with Gasteiger partial charge in [-0.15, -0.1) is 4.91 Å². The van der Waals surface area contributed by atoms with E-state index in [0.29, 0.717) is 5.69 Å². The second-order valence-electron chi connectivity index (χ2n) is 5.97. The predicted molar refractivity (Wildman–Crippen MR) is 90.6 cm³/mol. The molecule has 0 aromatic heterocycles. The van der Waals surface area contributed by atoms with E-state index in [9.17, 15) is 10.0 Å². The Balaban J connectivity index is 2.38. The van der Waals surface area contributed by atoms with Crippen LogP contribution in [0.2, 0.25) is 0 Å². The number of hydrogen-bond acceptors (Lipinski definition) is 3. The standard InChI is InChI=1S/C19H23NO2/c1-3-4-5-14-19(2,16-8-12-18(21)13-9-16)15-6-10-17(20-22)11-7-15/h6-13,21H,3-5,14H2,1-2H3. The Kier molecular flexibility index (Phi) is 5.31. The molecule has 0 fully saturated rings. The van der Waals surface area contributed by atoms with Gasteiger partial charge in [0, 0.05) is 5.41 Å². The van der Waals surface area contributed by atoms with Crippen molar-refractivity contribution >= 4 is 5.69 Å². The van der Waals surface area contributed by atoms with Gasteiger partial charge in [-0.25, -0.2) is 0 Å². The van der Waals surface area contributed by atoms with E-state index in [0.717, 1.165) is 12.8 Å². The zero-order valence-corrected chi connectivity index (χ0v) is 13.2. The average Bonchev–Trinajstić information content (AvgIpc) is 2.55. The maximum atomic E-state index is 10.6. The van der Waals surface area contributed by atoms with Crippen molar-refractivity contribution in [3.63, 3.8) is 0 Å². The highest BCUT2D eigenvalue weighted by atomic mass is 16.3. The van der Waals surface area contributed by atoms with Gasteiger partial charge in [0.1, 0.15) is 11.4 Å². The molecule has 0 amide bonds. The molecule has 2 aromatic carbocycles. The minimum Gasteiger partial charge on any atom is -0.508 e. The van der Waals surface area contributed by atoms with Gasteiger partial charge < -0.3 is 5.11 Å². The summed E-state index contributed by atoms with van der Waals surface area (Å²) in [5.41, 5.74) is 2.66. The number of rotatable bonds is 7. The first-order valence-electron chi connectivity index (χ1n) is 7.83. The van der Waals surface area contributed by atoms with Crippen molar-refractivity contribution in [2.75, 3.05) is 0 Å². The summed E-state index contributed by atoms with van der Waals surface area (Å²) in [6.07, 6.45) is 4.54. The Hall–Kier alpha value is -2.16. The Labute approximate surface area is 132 Å². The third-order valence-corrected chi connectivity index (χ3v) is 4.39. The molecule has 0 aliphatic rings. The van der Waals surface area contributed by atoms with Crippen molar-refractivity contribution in [1.29, 1.82) is 0 Å². The Morgan fingerprint density at radius 1 is 0.955 bits per heavy atom. The van der Waals surface area contributed by atoms with E-state index in [2.05, 4.69) is 19.0 Å². The Morgan fingerprint density at radius 2 is 1.50 bits per heavy atom. The molecule has 1 N–H and O–H groups in total. The van der Waals surface area contributed by atoms with Gasteiger partial charge >= 0.3 is 0 Å². The van der Waals surface area contributed by atoms with Crippen LogP contribution < -0.4 is 0 Å². The molecular weight excluding hydrogens is 274 g/mol. The molecule has 1 atom stereocenters. The number of nitroso groups, excluding NO2 is 1. The summed E-state index contributed by atoms with van der Waals surface area (Å²) in [7, 11) is 0. The highest BCUT2D eigenvalue weighted by Gasteiger charge is 2.28. The summed E-state index contributed by atoms with van der Waals surface area (Å²) < 4.78 is 0. The third kappa shape index (κ3) is 3.53. The van der Waals surface area contributed by atoms with Crippen LogP contribution in [0.1, 0.15) is 50.7 Å². The van der Waals surface area contributed by atoms with E-state index in [1.165, 1.54) is 24.0 Å². The quantitative estimate of drug-likeness (QED) is 0.528. The van der Waals surface area contributed by atoms with E-state index >= 15 is 0 Å². The lowest BCUT2D eigenvalue weighted by molar-refractivity contribution is 0.468. The zero-order chi connectivity index (χ0) is 16.0. The van der Waals surface area contributed by atoms with Crippen molar-refractivity contribution in [2.24, 2.45) is 5.18 Å². The lowest BCUT2D eigenvalue weighted by Gasteiger charge is -2.31. The molecule has 3 heteroatoms. The molecular formula is C19H23NO2. The topological polar surface area (TPSA) is 49.7 Å². The van der Waals surface area contributed by atoms with E-state index in [4.69, 9.17) is 0 Å². The van der Waals surface area contributed by atoms with Crippen LogP contribution in [-0.4, -0.2) is 5.11 Å². The fourth-order valence-corrected chi connectivity index (χ4v) is 2.90. The SMILES string of the molecule is CCCCCC(C)(c1ccc(O)cc1)c1ccc(N=O)cc1. The van der Waals surface area contributed by atoms with Crippen LogP contribution in [0, 0.1) is 4.91 Å². The van der Waals surface area contributed by atoms with Crippen molar-refractivity contribution in [2.45, 2.75) is 44.9 Å². The second kappa shape index (κ2) is 7.21. The number of aromatic hydroxyl groups is 1. The summed E-state index contributed by atoms with van der Waals surface area (Å²) in [5, 5.41) is 12.5. The lowest BCUT2D eigenvalue weighted by atomic mass is 9.72. The molecule has 0 radical (unpaired) electrons. The molecule has 0 aliphatic carbocycles. The van der Waals surface area contributed by atoms with Gasteiger partial charge in [0.2, 0.25) is 0 Å². The number of unbranched alkanes of at least 4 members (excludes halogenated alkanes) is 2. The maximum absolute atomic E-state index is 10.6. The zero-order valence-electron chi connectivity index (χ0n) is 13.2. The van der Waals surface area contributed by atoms with Gasteiger partial charge in [-0.3, -0.25) is 0 Å². The number of nitrogens with zero attached hydrogens (tertiary/aromatic N) is 1. The smallest absolute Gasteiger partial charge is 0.115 e. The molecule has 2 rings (SSSR count). The van der Waals surface area contributed by atoms with E-state index in [1.807, 2.05) is 24.3 Å². The monoisotopic (exact) mass is 297 g/mol. The molecule has 0 heterocycles. The number of hydrogen-bond donors (Lipinski definition) is 1. The van der Waals surface area contributed by atoms with Crippen molar-refractivity contribution < 1.29 is 5.11 Å². The van der Waals surface area contributed by atoms with Crippen LogP contribution in [0.3, 0.4) is 0 Å². The Bertz CT molecular complexity index is 604. The molecule has 0 saturated carbocycles. The normalized spacial score (nSPS) is 13.5. The molecule has 0 aliphatic heterocycles. The van der Waals surface area contributed by atoms with Crippen LogP contribution in [0.5, 0.6) is 5.75 Å². The van der Waals surface area contributed by atoms with Crippen LogP contribution in [0.4, 0.5) is 5.69 Å². The van der Waals surface area contributed by atoms with Gasteiger partial charge in [0.15, 0.2) is 0 Å². The van der Waals surface area contributed by atoms with Gasteiger partial charge in [-0.2, -0.15) is 0 Å². The highest BCUT2D eigenvalue weighted by molar-refractivity contribution is 5.45. The number of phenolic OH excluding ortho intramolecular Hbond substituents is 1. The molecule has 1 unspecified atom stereocenters. The summed E-state index contributed by atoms with van der Waals surface area (Å²) in [4.78, 5) is 10.6. The van der Waals surface area contributed by atoms with Crippen LogP contribution in [0.25, 0.3) is 0 Å². The van der Waals surface area contributed by atoms with Crippen LogP contribution in [0.15, 0.2) is 53.7 Å². The minimum atomic E-state index is -0.135. The predicted octanol–water partition coefficient (Wildman–Crippen LogP) is 5.68. The van der Waals surface area contributed by atoms with Crippen LogP contribution >= 0.6 is 0 Å². The molecule has 2 aromatic rings. The maximum Gasteiger partial charge on any atom is 0.115 e. The largest absolute Gasteiger partial charge is 0.508 e. The molecule has 22 heavy (non-hydrogen) atoms. The van der Waals surface area contributed by atoms with Crippen LogP contribution in [-0.2, 0) is 5.41 Å². The number of phenols is 1. The lowest BCUT2D eigenvalue weighted by Crippen LogP contribution is -2.23. The molecule has 0 saturated heterocycles. The first-order valence-corrected chi connectivity index (χ1v) is 7.83. The van der Waals surface area contributed by atoms with Crippen molar-refractivity contribution in [3.05, 3.63) is 64.6 Å². The van der Waals surface area contributed by atoms with Crippen molar-refractivity contribution in [1.82, 2.24) is 0 Å². The molecule has 0 spiro atoms. The van der Waals surface area contributed by atoms with Gasteiger partial charge in [0.05, 0.1) is 0 Å². The fourth-order valence-electron chi connectivity index (χ4n) is 2.90. The van der Waals surface area contributed by atoms with E-state index < -0.39 is 0 Å². The van der Waals surface area contributed by atoms with E-state index in [1.54, 1.807) is 24.3 Å². The Morgan fingerprint density at radius 3 is 2.00 bits per heavy atom. The number of benzene rings is 2. The summed E-state index contributed by atoms with van der Waals surface area (Å²) in [6.45, 7) is 4.42.